The summed E-state index contributed by atoms with van der Waals surface area (Å²) in [5.41, 5.74) is 9.46. The van der Waals surface area contributed by atoms with Crippen LogP contribution in [-0.2, 0) is 10.2 Å². The van der Waals surface area contributed by atoms with Crippen LogP contribution in [0, 0.1) is 13.8 Å². The molecule has 0 saturated heterocycles. The van der Waals surface area contributed by atoms with Crippen LogP contribution < -0.4 is 20.9 Å². The van der Waals surface area contributed by atoms with Crippen LogP contribution in [0.3, 0.4) is 0 Å². The van der Waals surface area contributed by atoms with Gasteiger partial charge in [0.1, 0.15) is 5.75 Å². The van der Waals surface area contributed by atoms with E-state index in [0.29, 0.717) is 22.6 Å². The summed E-state index contributed by atoms with van der Waals surface area (Å²) in [6.07, 6.45) is 0. The number of benzene rings is 3. The van der Waals surface area contributed by atoms with Crippen molar-refractivity contribution in [2.45, 2.75) is 40.0 Å². The second-order valence-electron chi connectivity index (χ2n) is 9.40. The Morgan fingerprint density at radius 2 is 1.34 bits per heavy atom. The predicted octanol–water partition coefficient (Wildman–Crippen LogP) is 4.69. The van der Waals surface area contributed by atoms with Gasteiger partial charge in [0.25, 0.3) is 17.7 Å². The standard InChI is InChI=1S/C28H31N3O4/c1-18-6-15-24(16-19(18)2)35-17-25(32)30-31-27(34)21-9-13-23(14-10-21)29-26(33)20-7-11-22(12-8-20)28(3,4)5/h6-16H,17H2,1-5H3,(H,29,33)(H,30,32)(H,31,34). The molecule has 182 valence electrons. The first-order valence-corrected chi connectivity index (χ1v) is 11.3. The summed E-state index contributed by atoms with van der Waals surface area (Å²) in [5, 5.41) is 2.82. The molecule has 0 aliphatic carbocycles. The Bertz CT molecular complexity index is 1210. The van der Waals surface area contributed by atoms with Gasteiger partial charge in [0.2, 0.25) is 0 Å². The van der Waals surface area contributed by atoms with Crippen molar-refractivity contribution in [1.82, 2.24) is 10.9 Å². The molecular weight excluding hydrogens is 442 g/mol. The van der Waals surface area contributed by atoms with Gasteiger partial charge in [-0.25, -0.2) is 0 Å². The van der Waals surface area contributed by atoms with Crippen molar-refractivity contribution in [1.29, 1.82) is 0 Å². The molecule has 7 heteroatoms. The van der Waals surface area contributed by atoms with E-state index >= 15 is 0 Å². The number of rotatable bonds is 6. The largest absolute Gasteiger partial charge is 0.484 e. The minimum absolute atomic E-state index is 0.0120. The lowest BCUT2D eigenvalue weighted by Gasteiger charge is -2.19. The highest BCUT2D eigenvalue weighted by Gasteiger charge is 2.15. The SMILES string of the molecule is Cc1ccc(OCC(=O)NNC(=O)c2ccc(NC(=O)c3ccc(C(C)(C)C)cc3)cc2)cc1C. The number of amides is 3. The molecule has 0 fully saturated rings. The van der Waals surface area contributed by atoms with Crippen LogP contribution in [0.1, 0.15) is 58.2 Å². The van der Waals surface area contributed by atoms with E-state index in [1.807, 2.05) is 38.1 Å². The van der Waals surface area contributed by atoms with Crippen molar-refractivity contribution in [3.8, 4) is 5.75 Å². The lowest BCUT2D eigenvalue weighted by molar-refractivity contribution is -0.123. The van der Waals surface area contributed by atoms with Crippen LogP contribution in [0.5, 0.6) is 5.75 Å². The summed E-state index contributed by atoms with van der Waals surface area (Å²) < 4.78 is 5.45. The van der Waals surface area contributed by atoms with Gasteiger partial charge in [-0.1, -0.05) is 39.0 Å². The van der Waals surface area contributed by atoms with Gasteiger partial charge in [-0.3, -0.25) is 25.2 Å². The summed E-state index contributed by atoms with van der Waals surface area (Å²) in [4.78, 5) is 36.8. The minimum Gasteiger partial charge on any atom is -0.484 e. The molecule has 0 atom stereocenters. The van der Waals surface area contributed by atoms with Crippen molar-refractivity contribution in [3.05, 3.63) is 94.5 Å². The molecule has 0 heterocycles. The Kier molecular flexibility index (Phi) is 7.91. The fraction of sp³-hybridized carbons (Fsp3) is 0.250. The summed E-state index contributed by atoms with van der Waals surface area (Å²) in [5.74, 6) is -0.630. The molecule has 0 bridgehead atoms. The zero-order chi connectivity index (χ0) is 25.6. The van der Waals surface area contributed by atoms with E-state index in [-0.39, 0.29) is 17.9 Å². The van der Waals surface area contributed by atoms with Crippen LogP contribution in [0.4, 0.5) is 5.69 Å². The molecule has 7 nitrogen and oxygen atoms in total. The first-order chi connectivity index (χ1) is 16.5. The first-order valence-electron chi connectivity index (χ1n) is 11.3. The highest BCUT2D eigenvalue weighted by atomic mass is 16.5. The molecule has 0 unspecified atom stereocenters. The number of carbonyl (C=O) groups excluding carboxylic acids is 3. The molecule has 3 aromatic carbocycles. The van der Waals surface area contributed by atoms with E-state index in [2.05, 4.69) is 36.9 Å². The summed E-state index contributed by atoms with van der Waals surface area (Å²) >= 11 is 0. The molecule has 0 aliphatic rings. The van der Waals surface area contributed by atoms with E-state index in [4.69, 9.17) is 4.74 Å². The Balaban J connectivity index is 1.48. The fourth-order valence-electron chi connectivity index (χ4n) is 3.22. The summed E-state index contributed by atoms with van der Waals surface area (Å²) in [6, 6.07) is 19.4. The predicted molar refractivity (Wildman–Crippen MR) is 137 cm³/mol. The lowest BCUT2D eigenvalue weighted by Crippen LogP contribution is -2.43. The molecule has 0 spiro atoms. The quantitative estimate of drug-likeness (QED) is 0.453. The Morgan fingerprint density at radius 3 is 1.94 bits per heavy atom. The molecule has 3 rings (SSSR count). The summed E-state index contributed by atoms with van der Waals surface area (Å²) in [6.45, 7) is 10.1. The van der Waals surface area contributed by atoms with Gasteiger partial charge in [0.05, 0.1) is 0 Å². The highest BCUT2D eigenvalue weighted by molar-refractivity contribution is 6.04. The normalized spacial score (nSPS) is 10.9. The molecule has 3 aromatic rings. The number of carbonyl (C=O) groups is 3. The number of hydrogen-bond donors (Lipinski definition) is 3. The average molecular weight is 474 g/mol. The van der Waals surface area contributed by atoms with Gasteiger partial charge in [-0.15, -0.1) is 0 Å². The molecule has 3 N–H and O–H groups in total. The van der Waals surface area contributed by atoms with Crippen LogP contribution in [0.15, 0.2) is 66.7 Å². The van der Waals surface area contributed by atoms with Crippen molar-refractivity contribution in [2.75, 3.05) is 11.9 Å². The van der Waals surface area contributed by atoms with E-state index in [0.717, 1.165) is 16.7 Å². The molecule has 0 saturated carbocycles. The first kappa shape index (κ1) is 25.5. The van der Waals surface area contributed by atoms with Crippen molar-refractivity contribution in [3.63, 3.8) is 0 Å². The number of hydrogen-bond acceptors (Lipinski definition) is 4. The molecule has 0 radical (unpaired) electrons. The zero-order valence-corrected chi connectivity index (χ0v) is 20.7. The number of ether oxygens (including phenoxy) is 1. The van der Waals surface area contributed by atoms with Gasteiger partial charge in [0.15, 0.2) is 6.61 Å². The van der Waals surface area contributed by atoms with Crippen LogP contribution in [-0.4, -0.2) is 24.3 Å². The fourth-order valence-corrected chi connectivity index (χ4v) is 3.22. The number of aryl methyl sites for hydroxylation is 2. The third-order valence-corrected chi connectivity index (χ3v) is 5.58. The van der Waals surface area contributed by atoms with Gasteiger partial charge in [0, 0.05) is 16.8 Å². The van der Waals surface area contributed by atoms with Crippen molar-refractivity contribution in [2.24, 2.45) is 0 Å². The molecule has 35 heavy (non-hydrogen) atoms. The Labute approximate surface area is 205 Å². The number of nitrogens with one attached hydrogen (secondary N) is 3. The minimum atomic E-state index is -0.488. The van der Waals surface area contributed by atoms with Crippen LogP contribution in [0.2, 0.25) is 0 Å². The monoisotopic (exact) mass is 473 g/mol. The van der Waals surface area contributed by atoms with Gasteiger partial charge < -0.3 is 10.1 Å². The van der Waals surface area contributed by atoms with Crippen molar-refractivity contribution >= 4 is 23.4 Å². The molecule has 0 aromatic heterocycles. The smallest absolute Gasteiger partial charge is 0.276 e. The summed E-state index contributed by atoms with van der Waals surface area (Å²) in [7, 11) is 0. The lowest BCUT2D eigenvalue weighted by atomic mass is 9.87. The van der Waals surface area contributed by atoms with Gasteiger partial charge in [-0.2, -0.15) is 0 Å². The van der Waals surface area contributed by atoms with Crippen LogP contribution >= 0.6 is 0 Å². The van der Waals surface area contributed by atoms with E-state index in [1.165, 1.54) is 0 Å². The maximum Gasteiger partial charge on any atom is 0.276 e. The number of hydrazine groups is 1. The zero-order valence-electron chi connectivity index (χ0n) is 20.7. The average Bonchev–Trinajstić information content (AvgIpc) is 2.83. The second-order valence-corrected chi connectivity index (χ2v) is 9.40. The Morgan fingerprint density at radius 1 is 0.743 bits per heavy atom. The van der Waals surface area contributed by atoms with Crippen LogP contribution in [0.25, 0.3) is 0 Å². The Hall–Kier alpha value is -4.13. The highest BCUT2D eigenvalue weighted by Crippen LogP contribution is 2.22. The van der Waals surface area contributed by atoms with E-state index in [1.54, 1.807) is 42.5 Å². The number of anilines is 1. The third-order valence-electron chi connectivity index (χ3n) is 5.58. The van der Waals surface area contributed by atoms with E-state index < -0.39 is 11.8 Å². The second kappa shape index (κ2) is 10.9. The third kappa shape index (κ3) is 7.17. The molecule has 0 aliphatic heterocycles. The van der Waals surface area contributed by atoms with Gasteiger partial charge >= 0.3 is 0 Å². The molecular formula is C28H31N3O4. The van der Waals surface area contributed by atoms with Crippen molar-refractivity contribution < 1.29 is 19.1 Å². The van der Waals surface area contributed by atoms with Gasteiger partial charge in [-0.05, 0) is 84.5 Å². The van der Waals surface area contributed by atoms with E-state index in [9.17, 15) is 14.4 Å². The topological polar surface area (TPSA) is 96.5 Å². The maximum absolute atomic E-state index is 12.5. The maximum atomic E-state index is 12.5. The molecule has 3 amide bonds.